The molecule has 2 fully saturated rings. The smallest absolute Gasteiger partial charge is 0.219 e. The minimum absolute atomic E-state index is 0.129. The van der Waals surface area contributed by atoms with Gasteiger partial charge < -0.3 is 20.5 Å². The molecule has 2 aliphatic heterocycles. The van der Waals surface area contributed by atoms with E-state index in [2.05, 4.69) is 4.90 Å². The van der Waals surface area contributed by atoms with Gasteiger partial charge in [-0.15, -0.1) is 0 Å². The summed E-state index contributed by atoms with van der Waals surface area (Å²) in [5, 5.41) is 9.79. The molecule has 1 amide bonds. The van der Waals surface area contributed by atoms with Gasteiger partial charge in [-0.05, 0) is 0 Å². The van der Waals surface area contributed by atoms with Gasteiger partial charge in [-0.3, -0.25) is 9.69 Å². The third-order valence-corrected chi connectivity index (χ3v) is 3.58. The van der Waals surface area contributed by atoms with E-state index in [0.717, 1.165) is 26.2 Å². The Hall–Kier alpha value is -0.690. The third-order valence-electron chi connectivity index (χ3n) is 3.58. The summed E-state index contributed by atoms with van der Waals surface area (Å²) in [6.45, 7) is 5.90. The number of hydrogen-bond donors (Lipinski definition) is 2. The van der Waals surface area contributed by atoms with E-state index in [1.807, 2.05) is 4.90 Å². The normalized spacial score (nSPS) is 35.2. The standard InChI is InChI=1S/C11H21N3O3/c1-8(15)14-4-2-13(3-5-14)6-10-11(16)9(12)7-17-10/h9-11,16H,2-7,12H2,1H3/t9-,10-,11+/m0/s1. The molecule has 17 heavy (non-hydrogen) atoms. The molecule has 0 radical (unpaired) electrons. The molecule has 6 nitrogen and oxygen atoms in total. The van der Waals surface area contributed by atoms with Crippen LogP contribution in [0.2, 0.25) is 0 Å². The zero-order valence-corrected chi connectivity index (χ0v) is 10.2. The van der Waals surface area contributed by atoms with E-state index in [-0.39, 0.29) is 18.1 Å². The molecular weight excluding hydrogens is 222 g/mol. The number of hydrogen-bond acceptors (Lipinski definition) is 5. The van der Waals surface area contributed by atoms with Gasteiger partial charge >= 0.3 is 0 Å². The van der Waals surface area contributed by atoms with Crippen LogP contribution >= 0.6 is 0 Å². The molecule has 3 N–H and O–H groups in total. The van der Waals surface area contributed by atoms with Crippen molar-refractivity contribution in [2.24, 2.45) is 5.73 Å². The van der Waals surface area contributed by atoms with Gasteiger partial charge in [-0.2, -0.15) is 0 Å². The van der Waals surface area contributed by atoms with Gasteiger partial charge in [0, 0.05) is 39.6 Å². The maximum Gasteiger partial charge on any atom is 0.219 e. The summed E-state index contributed by atoms with van der Waals surface area (Å²) in [5.74, 6) is 0.129. The predicted octanol–water partition coefficient (Wildman–Crippen LogP) is -1.76. The molecule has 0 aliphatic carbocycles. The number of nitrogens with two attached hydrogens (primary N) is 1. The quantitative estimate of drug-likeness (QED) is 0.600. The number of nitrogens with zero attached hydrogens (tertiary/aromatic N) is 2. The van der Waals surface area contributed by atoms with E-state index in [0.29, 0.717) is 13.2 Å². The summed E-state index contributed by atoms with van der Waals surface area (Å²) in [7, 11) is 0. The largest absolute Gasteiger partial charge is 0.389 e. The van der Waals surface area contributed by atoms with Crippen molar-refractivity contribution in [3.8, 4) is 0 Å². The van der Waals surface area contributed by atoms with E-state index >= 15 is 0 Å². The number of piperazine rings is 1. The van der Waals surface area contributed by atoms with Crippen LogP contribution in [0.3, 0.4) is 0 Å². The summed E-state index contributed by atoms with van der Waals surface area (Å²) in [5.41, 5.74) is 5.69. The number of rotatable bonds is 2. The minimum Gasteiger partial charge on any atom is -0.389 e. The van der Waals surface area contributed by atoms with Crippen molar-refractivity contribution in [3.05, 3.63) is 0 Å². The van der Waals surface area contributed by atoms with E-state index in [1.54, 1.807) is 6.92 Å². The average molecular weight is 243 g/mol. The summed E-state index contributed by atoms with van der Waals surface area (Å²) in [6.07, 6.45) is -0.755. The van der Waals surface area contributed by atoms with Crippen LogP contribution in [0.5, 0.6) is 0 Å². The number of ether oxygens (including phenoxy) is 1. The molecule has 0 unspecified atom stereocenters. The van der Waals surface area contributed by atoms with Crippen LogP contribution in [0.25, 0.3) is 0 Å². The van der Waals surface area contributed by atoms with Gasteiger partial charge in [0.15, 0.2) is 0 Å². The second kappa shape index (κ2) is 5.30. The number of aliphatic hydroxyl groups excluding tert-OH is 1. The molecule has 2 heterocycles. The van der Waals surface area contributed by atoms with Crippen LogP contribution in [-0.2, 0) is 9.53 Å². The Balaban J connectivity index is 1.77. The lowest BCUT2D eigenvalue weighted by Crippen LogP contribution is -2.51. The van der Waals surface area contributed by atoms with Crippen molar-refractivity contribution < 1.29 is 14.6 Å². The van der Waals surface area contributed by atoms with Crippen LogP contribution in [0.1, 0.15) is 6.92 Å². The molecule has 6 heteroatoms. The molecule has 2 rings (SSSR count). The summed E-state index contributed by atoms with van der Waals surface area (Å²) < 4.78 is 5.46. The van der Waals surface area contributed by atoms with E-state index in [9.17, 15) is 9.90 Å². The lowest BCUT2D eigenvalue weighted by Gasteiger charge is -2.35. The van der Waals surface area contributed by atoms with Crippen molar-refractivity contribution >= 4 is 5.91 Å². The fourth-order valence-electron chi connectivity index (χ4n) is 2.37. The monoisotopic (exact) mass is 243 g/mol. The highest BCUT2D eigenvalue weighted by molar-refractivity contribution is 5.73. The highest BCUT2D eigenvalue weighted by atomic mass is 16.5. The van der Waals surface area contributed by atoms with E-state index < -0.39 is 6.10 Å². The fraction of sp³-hybridized carbons (Fsp3) is 0.909. The molecule has 0 spiro atoms. The molecule has 0 aromatic rings. The molecule has 3 atom stereocenters. The maximum absolute atomic E-state index is 11.2. The van der Waals surface area contributed by atoms with Gasteiger partial charge in [0.25, 0.3) is 0 Å². The molecule has 0 bridgehead atoms. The first-order valence-electron chi connectivity index (χ1n) is 6.11. The Morgan fingerprint density at radius 1 is 1.41 bits per heavy atom. The molecule has 0 saturated carbocycles. The summed E-state index contributed by atoms with van der Waals surface area (Å²) in [6, 6.07) is -0.265. The SMILES string of the molecule is CC(=O)N1CCN(C[C@@H]2OC[C@H](N)[C@H]2O)CC1. The van der Waals surface area contributed by atoms with Crippen molar-refractivity contribution in [1.82, 2.24) is 9.80 Å². The van der Waals surface area contributed by atoms with Crippen LogP contribution in [0.4, 0.5) is 0 Å². The lowest BCUT2D eigenvalue weighted by atomic mass is 10.1. The summed E-state index contributed by atoms with van der Waals surface area (Å²) >= 11 is 0. The van der Waals surface area contributed by atoms with E-state index in [4.69, 9.17) is 10.5 Å². The molecule has 0 aromatic carbocycles. The number of aliphatic hydroxyl groups is 1. The molecular formula is C11H21N3O3. The Labute approximate surface area is 101 Å². The fourth-order valence-corrected chi connectivity index (χ4v) is 2.37. The van der Waals surface area contributed by atoms with Crippen molar-refractivity contribution in [2.75, 3.05) is 39.3 Å². The van der Waals surface area contributed by atoms with Gasteiger partial charge in [0.2, 0.25) is 5.91 Å². The molecule has 2 saturated heterocycles. The lowest BCUT2D eigenvalue weighted by molar-refractivity contribution is -0.130. The van der Waals surface area contributed by atoms with Gasteiger partial charge in [0.05, 0.1) is 24.9 Å². The average Bonchev–Trinajstić information content (AvgIpc) is 2.62. The van der Waals surface area contributed by atoms with Crippen LogP contribution in [0.15, 0.2) is 0 Å². The predicted molar refractivity (Wildman–Crippen MR) is 62.4 cm³/mol. The Morgan fingerprint density at radius 3 is 2.53 bits per heavy atom. The highest BCUT2D eigenvalue weighted by Crippen LogP contribution is 2.15. The second-order valence-corrected chi connectivity index (χ2v) is 4.83. The van der Waals surface area contributed by atoms with Gasteiger partial charge in [-0.1, -0.05) is 0 Å². The Kier molecular flexibility index (Phi) is 3.98. The Morgan fingerprint density at radius 2 is 2.06 bits per heavy atom. The number of carbonyl (C=O) groups excluding carboxylic acids is 1. The van der Waals surface area contributed by atoms with Gasteiger partial charge in [0.1, 0.15) is 0 Å². The van der Waals surface area contributed by atoms with Crippen molar-refractivity contribution in [1.29, 1.82) is 0 Å². The highest BCUT2D eigenvalue weighted by Gasteiger charge is 2.35. The zero-order valence-electron chi connectivity index (χ0n) is 10.2. The van der Waals surface area contributed by atoms with Crippen molar-refractivity contribution in [3.63, 3.8) is 0 Å². The first kappa shape index (κ1) is 12.8. The Bertz CT molecular complexity index is 279. The summed E-state index contributed by atoms with van der Waals surface area (Å²) in [4.78, 5) is 15.2. The first-order chi connectivity index (χ1) is 8.08. The molecule has 98 valence electrons. The number of carbonyl (C=O) groups is 1. The molecule has 0 aromatic heterocycles. The topological polar surface area (TPSA) is 79.0 Å². The zero-order chi connectivity index (χ0) is 12.4. The van der Waals surface area contributed by atoms with Crippen LogP contribution in [0, 0.1) is 0 Å². The van der Waals surface area contributed by atoms with Crippen LogP contribution in [-0.4, -0.2) is 78.4 Å². The van der Waals surface area contributed by atoms with E-state index in [1.165, 1.54) is 0 Å². The first-order valence-corrected chi connectivity index (χ1v) is 6.11. The maximum atomic E-state index is 11.2. The van der Waals surface area contributed by atoms with Crippen molar-refractivity contribution in [2.45, 2.75) is 25.2 Å². The minimum atomic E-state index is -0.569. The molecule has 2 aliphatic rings. The van der Waals surface area contributed by atoms with Gasteiger partial charge in [-0.25, -0.2) is 0 Å². The van der Waals surface area contributed by atoms with Crippen LogP contribution < -0.4 is 5.73 Å². The number of amides is 1. The third kappa shape index (κ3) is 2.95. The second-order valence-electron chi connectivity index (χ2n) is 4.83.